The molecule has 11 nitrogen and oxygen atoms in total. The van der Waals surface area contributed by atoms with Crippen molar-refractivity contribution in [1.29, 1.82) is 5.26 Å². The highest BCUT2D eigenvalue weighted by Crippen LogP contribution is 2.27. The fourth-order valence-corrected chi connectivity index (χ4v) is 4.61. The lowest BCUT2D eigenvalue weighted by atomic mass is 10.2. The van der Waals surface area contributed by atoms with Gasteiger partial charge in [0.1, 0.15) is 35.4 Å². The lowest BCUT2D eigenvalue weighted by Crippen LogP contribution is -2.28. The number of rotatable bonds is 6. The molecule has 2 heterocycles. The smallest absolute Gasteiger partial charge is 0.323 e. The fourth-order valence-electron chi connectivity index (χ4n) is 4.36. The Morgan fingerprint density at radius 3 is 2.63 bits per heavy atom. The summed E-state index contributed by atoms with van der Waals surface area (Å²) < 4.78 is 1.41. The van der Waals surface area contributed by atoms with E-state index in [2.05, 4.69) is 25.9 Å². The number of nitrogen functional groups attached to an aromatic ring is 1. The maximum Gasteiger partial charge on any atom is 0.323 e. The molecule has 0 aliphatic carbocycles. The van der Waals surface area contributed by atoms with Gasteiger partial charge in [-0.05, 0) is 55.8 Å². The standard InChI is InChI=1S/C29H24ClN9O2/c1-16-7-3-4-11-22(16)38-29(41)36-18-8-5-9-19(13-18)39-27(37-23-12-6-10-21(30)24(23)28(39)40)17(2)35-26-20(14-31)25(32)33-15-34-26/h3-13,15,17H,1-2H3,(H2,36,38,41)(H3,32,33,34,35)/t17-/m0/s1. The number of benzene rings is 3. The summed E-state index contributed by atoms with van der Waals surface area (Å²) in [6.45, 7) is 3.67. The number of carbonyl (C=O) groups is 1. The Hall–Kier alpha value is -5.47. The second-order valence-corrected chi connectivity index (χ2v) is 9.56. The minimum atomic E-state index is -0.631. The van der Waals surface area contributed by atoms with Gasteiger partial charge in [0.25, 0.3) is 5.56 Å². The van der Waals surface area contributed by atoms with Crippen LogP contribution in [0.3, 0.4) is 0 Å². The summed E-state index contributed by atoms with van der Waals surface area (Å²) in [6.07, 6.45) is 1.24. The molecule has 12 heteroatoms. The van der Waals surface area contributed by atoms with Gasteiger partial charge in [-0.3, -0.25) is 9.36 Å². The lowest BCUT2D eigenvalue weighted by Gasteiger charge is -2.21. The molecule has 0 unspecified atom stereocenters. The molecule has 0 saturated carbocycles. The second-order valence-electron chi connectivity index (χ2n) is 9.15. The number of aryl methyl sites for hydroxylation is 1. The molecule has 5 N–H and O–H groups in total. The number of halogens is 1. The van der Waals surface area contributed by atoms with Gasteiger partial charge < -0.3 is 21.7 Å². The second kappa shape index (κ2) is 11.3. The van der Waals surface area contributed by atoms with Crippen molar-refractivity contribution in [3.05, 3.63) is 105 Å². The van der Waals surface area contributed by atoms with Gasteiger partial charge in [-0.25, -0.2) is 19.7 Å². The van der Waals surface area contributed by atoms with Gasteiger partial charge in [0.2, 0.25) is 0 Å². The molecule has 0 spiro atoms. The summed E-state index contributed by atoms with van der Waals surface area (Å²) in [5, 5.41) is 18.8. The van der Waals surface area contributed by atoms with E-state index in [1.54, 1.807) is 55.5 Å². The first-order valence-electron chi connectivity index (χ1n) is 12.5. The molecule has 1 atom stereocenters. The minimum Gasteiger partial charge on any atom is -0.382 e. The van der Waals surface area contributed by atoms with Crippen LogP contribution < -0.4 is 27.2 Å². The number of aromatic nitrogens is 4. The van der Waals surface area contributed by atoms with Crippen LogP contribution in [0, 0.1) is 18.3 Å². The van der Waals surface area contributed by atoms with Crippen molar-refractivity contribution in [3.63, 3.8) is 0 Å². The SMILES string of the molecule is Cc1ccccc1NC(=O)Nc1cccc(-n2c([C@H](C)Nc3ncnc(N)c3C#N)nc3cccc(Cl)c3c2=O)c1. The lowest BCUT2D eigenvalue weighted by molar-refractivity contribution is 0.262. The highest BCUT2D eigenvalue weighted by molar-refractivity contribution is 6.35. The maximum absolute atomic E-state index is 13.9. The van der Waals surface area contributed by atoms with Crippen LogP contribution in [0.2, 0.25) is 5.02 Å². The van der Waals surface area contributed by atoms with Crippen molar-refractivity contribution in [3.8, 4) is 11.8 Å². The third-order valence-electron chi connectivity index (χ3n) is 6.36. The van der Waals surface area contributed by atoms with Crippen LogP contribution in [0.15, 0.2) is 77.9 Å². The van der Waals surface area contributed by atoms with E-state index in [1.807, 2.05) is 31.2 Å². The molecular weight excluding hydrogens is 542 g/mol. The van der Waals surface area contributed by atoms with Crippen molar-refractivity contribution in [2.24, 2.45) is 0 Å². The van der Waals surface area contributed by atoms with Gasteiger partial charge in [-0.2, -0.15) is 5.26 Å². The predicted molar refractivity (Wildman–Crippen MR) is 159 cm³/mol. The number of anilines is 4. The van der Waals surface area contributed by atoms with Gasteiger partial charge in [0, 0.05) is 11.4 Å². The number of nitrogens with zero attached hydrogens (tertiary/aromatic N) is 5. The quantitative estimate of drug-likeness (QED) is 0.212. The monoisotopic (exact) mass is 565 g/mol. The Morgan fingerprint density at radius 1 is 1.07 bits per heavy atom. The van der Waals surface area contributed by atoms with E-state index in [9.17, 15) is 14.9 Å². The average molecular weight is 566 g/mol. The molecule has 5 aromatic rings. The molecule has 5 rings (SSSR count). The van der Waals surface area contributed by atoms with E-state index < -0.39 is 17.6 Å². The Bertz CT molecular complexity index is 1900. The highest BCUT2D eigenvalue weighted by atomic mass is 35.5. The summed E-state index contributed by atoms with van der Waals surface area (Å²) in [7, 11) is 0. The Morgan fingerprint density at radius 2 is 1.85 bits per heavy atom. The summed E-state index contributed by atoms with van der Waals surface area (Å²) in [5.41, 5.74) is 8.39. The highest BCUT2D eigenvalue weighted by Gasteiger charge is 2.21. The maximum atomic E-state index is 13.9. The van der Waals surface area contributed by atoms with Gasteiger partial charge >= 0.3 is 6.03 Å². The molecule has 0 saturated heterocycles. The number of amides is 2. The molecular formula is C29H24ClN9O2. The van der Waals surface area contributed by atoms with E-state index >= 15 is 0 Å². The number of para-hydroxylation sites is 1. The largest absolute Gasteiger partial charge is 0.382 e. The molecule has 2 amide bonds. The average Bonchev–Trinajstić information content (AvgIpc) is 2.94. The Labute approximate surface area is 239 Å². The summed E-state index contributed by atoms with van der Waals surface area (Å²) >= 11 is 6.43. The third-order valence-corrected chi connectivity index (χ3v) is 6.67. The molecule has 0 fully saturated rings. The molecule has 3 aromatic carbocycles. The number of hydrogen-bond acceptors (Lipinski definition) is 8. The molecule has 0 bridgehead atoms. The zero-order valence-corrected chi connectivity index (χ0v) is 22.8. The van der Waals surface area contributed by atoms with Crippen molar-refractivity contribution in [2.75, 3.05) is 21.7 Å². The van der Waals surface area contributed by atoms with Crippen LogP contribution in [-0.2, 0) is 0 Å². The van der Waals surface area contributed by atoms with E-state index in [4.69, 9.17) is 22.3 Å². The Kier molecular flexibility index (Phi) is 7.49. The van der Waals surface area contributed by atoms with Crippen LogP contribution in [0.5, 0.6) is 0 Å². The van der Waals surface area contributed by atoms with Crippen LogP contribution in [-0.4, -0.2) is 25.6 Å². The molecule has 0 radical (unpaired) electrons. The number of nitrogens with two attached hydrogens (primary N) is 1. The first kappa shape index (κ1) is 27.1. The minimum absolute atomic E-state index is 0.0237. The normalized spacial score (nSPS) is 11.5. The molecule has 0 aliphatic heterocycles. The van der Waals surface area contributed by atoms with Crippen molar-refractivity contribution in [2.45, 2.75) is 19.9 Å². The van der Waals surface area contributed by atoms with Crippen LogP contribution in [0.4, 0.5) is 27.8 Å². The first-order chi connectivity index (χ1) is 19.8. The van der Waals surface area contributed by atoms with E-state index in [-0.39, 0.29) is 27.6 Å². The number of carbonyl (C=O) groups excluding carboxylic acids is 1. The number of nitrogens with one attached hydrogen (secondary N) is 3. The summed E-state index contributed by atoms with van der Waals surface area (Å²) in [5.74, 6) is 0.533. The number of fused-ring (bicyclic) bond motifs is 1. The van der Waals surface area contributed by atoms with Gasteiger partial charge in [-0.15, -0.1) is 0 Å². The molecule has 2 aromatic heterocycles. The van der Waals surface area contributed by atoms with E-state index in [0.717, 1.165) is 5.56 Å². The topological polar surface area (TPSA) is 164 Å². The summed E-state index contributed by atoms with van der Waals surface area (Å²) in [6, 6.07) is 20.2. The predicted octanol–water partition coefficient (Wildman–Crippen LogP) is 5.41. The third kappa shape index (κ3) is 5.50. The van der Waals surface area contributed by atoms with Crippen molar-refractivity contribution in [1.82, 2.24) is 19.5 Å². The molecule has 0 aliphatic rings. The van der Waals surface area contributed by atoms with Gasteiger partial charge in [0.05, 0.1) is 27.7 Å². The van der Waals surface area contributed by atoms with E-state index in [1.165, 1.54) is 10.9 Å². The zero-order valence-electron chi connectivity index (χ0n) is 22.0. The first-order valence-corrected chi connectivity index (χ1v) is 12.9. The number of urea groups is 1. The fraction of sp³-hybridized carbons (Fsp3) is 0.103. The van der Waals surface area contributed by atoms with Crippen LogP contribution in [0.25, 0.3) is 16.6 Å². The van der Waals surface area contributed by atoms with Crippen molar-refractivity contribution < 1.29 is 4.79 Å². The van der Waals surface area contributed by atoms with Crippen molar-refractivity contribution >= 4 is 51.5 Å². The molecule has 204 valence electrons. The van der Waals surface area contributed by atoms with Gasteiger partial charge in [-0.1, -0.05) is 41.9 Å². The van der Waals surface area contributed by atoms with Gasteiger partial charge in [0.15, 0.2) is 0 Å². The number of hydrogen-bond donors (Lipinski definition) is 4. The van der Waals surface area contributed by atoms with Crippen LogP contribution >= 0.6 is 11.6 Å². The van der Waals surface area contributed by atoms with Crippen LogP contribution in [0.1, 0.15) is 29.9 Å². The summed E-state index contributed by atoms with van der Waals surface area (Å²) in [4.78, 5) is 39.5. The number of nitriles is 1. The zero-order chi connectivity index (χ0) is 29.1. The van der Waals surface area contributed by atoms with E-state index in [0.29, 0.717) is 28.4 Å². The molecule has 41 heavy (non-hydrogen) atoms. The Balaban J connectivity index is 1.57.